The highest BCUT2D eigenvalue weighted by molar-refractivity contribution is 8.00. The Labute approximate surface area is 94.9 Å². The van der Waals surface area contributed by atoms with Crippen molar-refractivity contribution in [2.45, 2.75) is 25.4 Å². The van der Waals surface area contributed by atoms with Crippen LogP contribution in [0.25, 0.3) is 0 Å². The molecule has 15 heavy (non-hydrogen) atoms. The van der Waals surface area contributed by atoms with Crippen LogP contribution in [-0.2, 0) is 13.0 Å². The minimum absolute atomic E-state index is 0.0112. The van der Waals surface area contributed by atoms with E-state index in [0.717, 1.165) is 12.1 Å². The highest BCUT2D eigenvalue weighted by Gasteiger charge is 2.27. The van der Waals surface area contributed by atoms with Gasteiger partial charge in [0.15, 0.2) is 4.77 Å². The summed E-state index contributed by atoms with van der Waals surface area (Å²) < 4.78 is 37.8. The zero-order valence-corrected chi connectivity index (χ0v) is 9.73. The maximum absolute atomic E-state index is 11.9. The number of alkyl halides is 3. The fraction of sp³-hybridized carbons (Fsp3) is 0.625. The molecule has 2 nitrogen and oxygen atoms in total. The fourth-order valence-electron chi connectivity index (χ4n) is 1.22. The van der Waals surface area contributed by atoms with E-state index in [1.54, 1.807) is 10.8 Å². The molecule has 0 aromatic carbocycles. The number of halogens is 3. The Morgan fingerprint density at radius 3 is 2.73 bits per heavy atom. The molecular weight excluding hydrogens is 245 g/mol. The van der Waals surface area contributed by atoms with Gasteiger partial charge in [-0.2, -0.15) is 13.2 Å². The molecule has 1 N–H and O–H groups in total. The molecule has 0 aliphatic rings. The van der Waals surface area contributed by atoms with Crippen molar-refractivity contribution in [3.05, 3.63) is 16.7 Å². The van der Waals surface area contributed by atoms with Crippen LogP contribution in [0, 0.1) is 4.77 Å². The molecule has 1 rings (SSSR count). The standard InChI is InChI=1S/C8H11F3N2S2/c1-2-6-5-12-7(14)13(6)3-4-15-8(9,10)11/h5H,2-4H2,1H3,(H,12,14). The predicted molar refractivity (Wildman–Crippen MR) is 57.5 cm³/mol. The van der Waals surface area contributed by atoms with Crippen LogP contribution in [0.4, 0.5) is 13.2 Å². The van der Waals surface area contributed by atoms with Crippen LogP contribution in [0.15, 0.2) is 6.20 Å². The van der Waals surface area contributed by atoms with Crippen molar-refractivity contribution < 1.29 is 13.2 Å². The summed E-state index contributed by atoms with van der Waals surface area (Å²) in [7, 11) is 0. The molecular formula is C8H11F3N2S2. The Kier molecular flexibility index (Phi) is 4.27. The lowest BCUT2D eigenvalue weighted by atomic mass is 10.4. The van der Waals surface area contributed by atoms with E-state index < -0.39 is 5.51 Å². The molecule has 0 unspecified atom stereocenters. The first-order valence-electron chi connectivity index (χ1n) is 4.42. The van der Waals surface area contributed by atoms with Crippen molar-refractivity contribution >= 4 is 24.0 Å². The number of hydrogen-bond donors (Lipinski definition) is 1. The maximum atomic E-state index is 11.9. The van der Waals surface area contributed by atoms with E-state index in [1.165, 1.54) is 0 Å². The molecule has 0 aliphatic heterocycles. The lowest BCUT2D eigenvalue weighted by molar-refractivity contribution is -0.0328. The van der Waals surface area contributed by atoms with Gasteiger partial charge < -0.3 is 9.55 Å². The number of nitrogens with zero attached hydrogens (tertiary/aromatic N) is 1. The van der Waals surface area contributed by atoms with E-state index in [2.05, 4.69) is 4.98 Å². The highest BCUT2D eigenvalue weighted by Crippen LogP contribution is 2.30. The van der Waals surface area contributed by atoms with Crippen molar-refractivity contribution in [2.24, 2.45) is 0 Å². The average Bonchev–Trinajstić information content (AvgIpc) is 2.46. The molecule has 1 heterocycles. The van der Waals surface area contributed by atoms with E-state index in [1.807, 2.05) is 6.92 Å². The second-order valence-corrected chi connectivity index (χ2v) is 4.43. The van der Waals surface area contributed by atoms with Crippen LogP contribution < -0.4 is 0 Å². The molecule has 0 fully saturated rings. The molecule has 0 radical (unpaired) electrons. The molecule has 0 atom stereocenters. The number of hydrogen-bond acceptors (Lipinski definition) is 2. The average molecular weight is 256 g/mol. The number of thioether (sulfide) groups is 1. The number of H-pyrrole nitrogens is 1. The van der Waals surface area contributed by atoms with E-state index >= 15 is 0 Å². The summed E-state index contributed by atoms with van der Waals surface area (Å²) in [5, 5.41) is 0. The van der Waals surface area contributed by atoms with Crippen LogP contribution in [0.3, 0.4) is 0 Å². The van der Waals surface area contributed by atoms with Gasteiger partial charge in [0.1, 0.15) is 0 Å². The summed E-state index contributed by atoms with van der Waals surface area (Å²) >= 11 is 4.94. The molecule has 1 aromatic heterocycles. The van der Waals surface area contributed by atoms with Gasteiger partial charge in [0, 0.05) is 24.2 Å². The van der Waals surface area contributed by atoms with Crippen LogP contribution in [0.5, 0.6) is 0 Å². The summed E-state index contributed by atoms with van der Waals surface area (Å²) in [6, 6.07) is 0. The molecule has 0 amide bonds. The molecule has 7 heteroatoms. The Balaban J connectivity index is 2.57. The first-order chi connectivity index (χ1) is 6.94. The van der Waals surface area contributed by atoms with Crippen molar-refractivity contribution in [3.63, 3.8) is 0 Å². The Morgan fingerprint density at radius 1 is 1.53 bits per heavy atom. The lowest BCUT2D eigenvalue weighted by Crippen LogP contribution is -2.08. The first-order valence-corrected chi connectivity index (χ1v) is 5.81. The van der Waals surface area contributed by atoms with Gasteiger partial charge in [-0.1, -0.05) is 6.92 Å². The molecule has 86 valence electrons. The third-order valence-corrected chi connectivity index (χ3v) is 2.95. The smallest absolute Gasteiger partial charge is 0.337 e. The Hall–Kier alpha value is -0.430. The summed E-state index contributed by atoms with van der Waals surface area (Å²) in [4.78, 5) is 2.82. The number of nitrogens with one attached hydrogen (secondary N) is 1. The predicted octanol–water partition coefficient (Wildman–Crippen LogP) is 3.36. The van der Waals surface area contributed by atoms with E-state index in [0.29, 0.717) is 4.77 Å². The monoisotopic (exact) mass is 256 g/mol. The number of aromatic amines is 1. The van der Waals surface area contributed by atoms with Crippen molar-refractivity contribution in [3.8, 4) is 0 Å². The van der Waals surface area contributed by atoms with Crippen LogP contribution >= 0.6 is 24.0 Å². The van der Waals surface area contributed by atoms with Gasteiger partial charge in [-0.25, -0.2) is 0 Å². The van der Waals surface area contributed by atoms with Gasteiger partial charge in [-0.05, 0) is 30.4 Å². The van der Waals surface area contributed by atoms with Crippen LogP contribution in [0.1, 0.15) is 12.6 Å². The van der Waals surface area contributed by atoms with E-state index in [9.17, 15) is 13.2 Å². The Bertz CT molecular complexity index is 367. The molecule has 0 spiro atoms. The summed E-state index contributed by atoms with van der Waals surface area (Å²) in [6.45, 7) is 2.22. The van der Waals surface area contributed by atoms with E-state index in [4.69, 9.17) is 12.2 Å². The maximum Gasteiger partial charge on any atom is 0.441 e. The minimum atomic E-state index is -4.16. The summed E-state index contributed by atoms with van der Waals surface area (Å²) in [6.07, 6.45) is 2.49. The Morgan fingerprint density at radius 2 is 2.20 bits per heavy atom. The topological polar surface area (TPSA) is 20.7 Å². The molecule has 0 saturated heterocycles. The quantitative estimate of drug-likeness (QED) is 0.834. The fourth-order valence-corrected chi connectivity index (χ4v) is 1.99. The largest absolute Gasteiger partial charge is 0.441 e. The highest BCUT2D eigenvalue weighted by atomic mass is 32.2. The third-order valence-electron chi connectivity index (χ3n) is 1.90. The zero-order valence-electron chi connectivity index (χ0n) is 8.10. The normalized spacial score (nSPS) is 12.0. The lowest BCUT2D eigenvalue weighted by Gasteiger charge is -2.08. The van der Waals surface area contributed by atoms with Crippen molar-refractivity contribution in [1.82, 2.24) is 9.55 Å². The first kappa shape index (κ1) is 12.6. The van der Waals surface area contributed by atoms with Gasteiger partial charge in [0.25, 0.3) is 0 Å². The minimum Gasteiger partial charge on any atom is -0.337 e. The van der Waals surface area contributed by atoms with Crippen LogP contribution in [0.2, 0.25) is 0 Å². The van der Waals surface area contributed by atoms with Crippen molar-refractivity contribution in [1.29, 1.82) is 0 Å². The number of aryl methyl sites for hydroxylation is 1. The SMILES string of the molecule is CCc1c[nH]c(=S)n1CCSC(F)(F)F. The van der Waals surface area contributed by atoms with Gasteiger partial charge in [0.2, 0.25) is 0 Å². The summed E-state index contributed by atoms with van der Waals surface area (Å²) in [5.74, 6) is -0.0112. The number of aromatic nitrogens is 2. The molecule has 0 saturated carbocycles. The zero-order chi connectivity index (χ0) is 11.5. The molecule has 0 aliphatic carbocycles. The van der Waals surface area contributed by atoms with Crippen molar-refractivity contribution in [2.75, 3.05) is 5.75 Å². The third kappa shape index (κ3) is 3.90. The number of rotatable bonds is 4. The van der Waals surface area contributed by atoms with Crippen LogP contribution in [-0.4, -0.2) is 20.8 Å². The van der Waals surface area contributed by atoms with Gasteiger partial charge in [-0.3, -0.25) is 0 Å². The van der Waals surface area contributed by atoms with Gasteiger partial charge in [-0.15, -0.1) is 0 Å². The van der Waals surface area contributed by atoms with Gasteiger partial charge >= 0.3 is 5.51 Å². The summed E-state index contributed by atoms with van der Waals surface area (Å²) in [5.41, 5.74) is -3.23. The van der Waals surface area contributed by atoms with E-state index in [-0.39, 0.29) is 24.1 Å². The molecule has 0 bridgehead atoms. The number of imidazole rings is 1. The second kappa shape index (κ2) is 5.07. The second-order valence-electron chi connectivity index (χ2n) is 2.88. The molecule has 1 aromatic rings. The van der Waals surface area contributed by atoms with Gasteiger partial charge in [0.05, 0.1) is 0 Å².